The quantitative estimate of drug-likeness (QED) is 0.882. The van der Waals surface area contributed by atoms with Crippen LogP contribution in [0, 0.1) is 6.92 Å². The van der Waals surface area contributed by atoms with Crippen molar-refractivity contribution in [2.24, 2.45) is 0 Å². The van der Waals surface area contributed by atoms with Crippen LogP contribution >= 0.6 is 11.3 Å². The number of carboxylic acid groups (broad SMARTS) is 1. The molecule has 0 radical (unpaired) electrons. The molecule has 2 N–H and O–H groups in total. The number of hydrogen-bond acceptors (Lipinski definition) is 4. The van der Waals surface area contributed by atoms with Gasteiger partial charge < -0.3 is 10.4 Å². The van der Waals surface area contributed by atoms with Gasteiger partial charge in [0, 0.05) is 10.9 Å². The first-order valence-electron chi connectivity index (χ1n) is 7.54. The Kier molecular flexibility index (Phi) is 4.17. The first-order chi connectivity index (χ1) is 11.0. The molecule has 120 valence electrons. The summed E-state index contributed by atoms with van der Waals surface area (Å²) in [5, 5.41) is 15.9. The molecule has 0 unspecified atom stereocenters. The predicted octanol–water partition coefficient (Wildman–Crippen LogP) is 3.25. The third-order valence-electron chi connectivity index (χ3n) is 4.33. The van der Waals surface area contributed by atoms with Gasteiger partial charge in [-0.25, -0.2) is 0 Å². The van der Waals surface area contributed by atoms with Gasteiger partial charge in [-0.1, -0.05) is 0 Å². The molecular weight excluding hydrogens is 312 g/mol. The summed E-state index contributed by atoms with van der Waals surface area (Å²) in [5.41, 5.74) is 2.42. The summed E-state index contributed by atoms with van der Waals surface area (Å²) in [5.74, 6) is -1.12. The normalized spacial score (nSPS) is 15.7. The third kappa shape index (κ3) is 3.27. The number of aryl methyl sites for hydroxylation is 1. The lowest BCUT2D eigenvalue weighted by Crippen LogP contribution is -2.54. The number of carboxylic acids is 1. The van der Waals surface area contributed by atoms with E-state index in [0.717, 1.165) is 17.7 Å². The van der Waals surface area contributed by atoms with Crippen LogP contribution in [0.15, 0.2) is 29.0 Å². The minimum absolute atomic E-state index is 0.0296. The first kappa shape index (κ1) is 15.7. The molecule has 1 saturated carbocycles. The summed E-state index contributed by atoms with van der Waals surface area (Å²) >= 11 is 1.60. The van der Waals surface area contributed by atoms with Crippen molar-refractivity contribution < 1.29 is 14.7 Å². The molecule has 6 heteroatoms. The average molecular weight is 330 g/mol. The molecule has 1 fully saturated rings. The fourth-order valence-electron chi connectivity index (χ4n) is 2.92. The topological polar surface area (TPSA) is 79.3 Å². The van der Waals surface area contributed by atoms with Crippen molar-refractivity contribution >= 4 is 23.2 Å². The Morgan fingerprint density at radius 3 is 2.65 bits per heavy atom. The van der Waals surface area contributed by atoms with Gasteiger partial charge in [-0.05, 0) is 49.8 Å². The summed E-state index contributed by atoms with van der Waals surface area (Å²) < 4.78 is 0. The first-order valence-corrected chi connectivity index (χ1v) is 8.48. The van der Waals surface area contributed by atoms with Crippen LogP contribution in [-0.4, -0.2) is 27.5 Å². The maximum atomic E-state index is 12.5. The van der Waals surface area contributed by atoms with Gasteiger partial charge in [0.15, 0.2) is 0 Å². The Bertz CT molecular complexity index is 736. The summed E-state index contributed by atoms with van der Waals surface area (Å²) in [7, 11) is 0. The highest BCUT2D eigenvalue weighted by Gasteiger charge is 2.40. The van der Waals surface area contributed by atoms with Crippen molar-refractivity contribution in [1.29, 1.82) is 0 Å². The molecule has 1 amide bonds. The Morgan fingerprint density at radius 1 is 1.35 bits per heavy atom. The van der Waals surface area contributed by atoms with E-state index < -0.39 is 11.5 Å². The molecule has 0 bridgehead atoms. The summed E-state index contributed by atoms with van der Waals surface area (Å²) in [4.78, 5) is 28.0. The van der Waals surface area contributed by atoms with Crippen LogP contribution in [0.3, 0.4) is 0 Å². The number of aromatic nitrogens is 1. The number of pyridine rings is 1. The summed E-state index contributed by atoms with van der Waals surface area (Å²) in [6.07, 6.45) is 2.34. The van der Waals surface area contributed by atoms with Crippen LogP contribution in [0.5, 0.6) is 0 Å². The molecule has 0 saturated heterocycles. The van der Waals surface area contributed by atoms with Crippen molar-refractivity contribution in [2.45, 2.75) is 38.1 Å². The van der Waals surface area contributed by atoms with E-state index in [-0.39, 0.29) is 12.3 Å². The molecule has 0 atom stereocenters. The Hall–Kier alpha value is -2.21. The minimum Gasteiger partial charge on any atom is -0.481 e. The number of nitrogens with zero attached hydrogens (tertiary/aromatic N) is 1. The van der Waals surface area contributed by atoms with Crippen molar-refractivity contribution in [3.8, 4) is 11.3 Å². The maximum Gasteiger partial charge on any atom is 0.305 e. The number of nitrogens with one attached hydrogen (secondary N) is 1. The van der Waals surface area contributed by atoms with Gasteiger partial charge in [0.05, 0.1) is 28.9 Å². The zero-order valence-corrected chi connectivity index (χ0v) is 13.7. The van der Waals surface area contributed by atoms with Crippen LogP contribution in [-0.2, 0) is 4.79 Å². The zero-order chi connectivity index (χ0) is 16.4. The molecule has 3 rings (SSSR count). The average Bonchev–Trinajstić information content (AvgIpc) is 2.98. The van der Waals surface area contributed by atoms with E-state index in [2.05, 4.69) is 10.3 Å². The summed E-state index contributed by atoms with van der Waals surface area (Å²) in [6, 6.07) is 5.58. The molecule has 0 spiro atoms. The van der Waals surface area contributed by atoms with Crippen LogP contribution in [0.4, 0.5) is 0 Å². The molecule has 2 heterocycles. The lowest BCUT2D eigenvalue weighted by Gasteiger charge is -2.41. The van der Waals surface area contributed by atoms with E-state index in [1.807, 2.05) is 22.9 Å². The monoisotopic (exact) mass is 330 g/mol. The standard InChI is InChI=1S/C17H18N2O3S/c1-11-13(3-4-14(18-11)12-5-8-23-10-12)16(22)19-17(6-2-7-17)9-15(20)21/h3-5,8,10H,2,6-7,9H2,1H3,(H,19,22)(H,20,21). The van der Waals surface area contributed by atoms with Gasteiger partial charge in [0.25, 0.3) is 5.91 Å². The van der Waals surface area contributed by atoms with Crippen LogP contribution < -0.4 is 5.32 Å². The number of hydrogen-bond donors (Lipinski definition) is 2. The molecule has 2 aromatic heterocycles. The Labute approximate surface area is 138 Å². The largest absolute Gasteiger partial charge is 0.481 e. The predicted molar refractivity (Wildman–Crippen MR) is 88.6 cm³/mol. The van der Waals surface area contributed by atoms with Crippen molar-refractivity contribution in [3.63, 3.8) is 0 Å². The van der Waals surface area contributed by atoms with Crippen LogP contribution in [0.2, 0.25) is 0 Å². The van der Waals surface area contributed by atoms with Gasteiger partial charge in [-0.2, -0.15) is 11.3 Å². The molecule has 5 nitrogen and oxygen atoms in total. The highest BCUT2D eigenvalue weighted by molar-refractivity contribution is 7.08. The summed E-state index contributed by atoms with van der Waals surface area (Å²) in [6.45, 7) is 1.80. The minimum atomic E-state index is -0.882. The number of thiophene rings is 1. The lowest BCUT2D eigenvalue weighted by atomic mass is 9.74. The van der Waals surface area contributed by atoms with Gasteiger partial charge in [0.1, 0.15) is 0 Å². The number of carbonyl (C=O) groups excluding carboxylic acids is 1. The third-order valence-corrected chi connectivity index (χ3v) is 5.01. The second-order valence-electron chi connectivity index (χ2n) is 6.00. The smallest absolute Gasteiger partial charge is 0.305 e. The van der Waals surface area contributed by atoms with Gasteiger partial charge >= 0.3 is 5.97 Å². The van der Waals surface area contributed by atoms with Crippen molar-refractivity contribution in [2.75, 3.05) is 0 Å². The molecule has 1 aliphatic rings. The molecule has 1 aliphatic carbocycles. The second-order valence-corrected chi connectivity index (χ2v) is 6.78. The van der Waals surface area contributed by atoms with Gasteiger partial charge in [0.2, 0.25) is 0 Å². The zero-order valence-electron chi connectivity index (χ0n) is 12.8. The van der Waals surface area contributed by atoms with E-state index in [4.69, 9.17) is 5.11 Å². The fraction of sp³-hybridized carbons (Fsp3) is 0.353. The number of rotatable bonds is 5. The highest BCUT2D eigenvalue weighted by atomic mass is 32.1. The number of amides is 1. The molecular formula is C17H18N2O3S. The SMILES string of the molecule is Cc1nc(-c2ccsc2)ccc1C(=O)NC1(CC(=O)O)CCC1. The highest BCUT2D eigenvalue weighted by Crippen LogP contribution is 2.35. The van der Waals surface area contributed by atoms with E-state index in [1.54, 1.807) is 24.3 Å². The van der Waals surface area contributed by atoms with Crippen molar-refractivity contribution in [1.82, 2.24) is 10.3 Å². The van der Waals surface area contributed by atoms with E-state index >= 15 is 0 Å². The number of aliphatic carboxylic acids is 1. The van der Waals surface area contributed by atoms with E-state index in [9.17, 15) is 9.59 Å². The van der Waals surface area contributed by atoms with Crippen LogP contribution in [0.1, 0.15) is 41.7 Å². The fourth-order valence-corrected chi connectivity index (χ4v) is 3.57. The molecule has 2 aromatic rings. The van der Waals surface area contributed by atoms with Gasteiger partial charge in [-0.15, -0.1) is 0 Å². The molecule has 23 heavy (non-hydrogen) atoms. The lowest BCUT2D eigenvalue weighted by molar-refractivity contribution is -0.139. The second kappa shape index (κ2) is 6.12. The molecule has 0 aromatic carbocycles. The molecule has 0 aliphatic heterocycles. The van der Waals surface area contributed by atoms with E-state index in [1.165, 1.54) is 0 Å². The van der Waals surface area contributed by atoms with E-state index in [0.29, 0.717) is 24.1 Å². The Balaban J connectivity index is 1.78. The Morgan fingerprint density at radius 2 is 2.13 bits per heavy atom. The number of carbonyl (C=O) groups is 2. The van der Waals surface area contributed by atoms with Crippen LogP contribution in [0.25, 0.3) is 11.3 Å². The maximum absolute atomic E-state index is 12.5. The van der Waals surface area contributed by atoms with Gasteiger partial charge in [-0.3, -0.25) is 14.6 Å². The van der Waals surface area contributed by atoms with Crippen molar-refractivity contribution in [3.05, 3.63) is 40.2 Å².